The Morgan fingerprint density at radius 2 is 1.93 bits per heavy atom. The lowest BCUT2D eigenvalue weighted by Gasteiger charge is -2.41. The molecule has 1 amide bonds. The number of ether oxygens (including phenoxy) is 1. The summed E-state index contributed by atoms with van der Waals surface area (Å²) in [5.41, 5.74) is 9.03. The number of carboxylic acids is 1. The summed E-state index contributed by atoms with van der Waals surface area (Å²) in [4.78, 5) is 27.3. The number of nitrogens with zero attached hydrogens (tertiary/aromatic N) is 2. The maximum Gasteiger partial charge on any atom is 0.303 e. The quantitative estimate of drug-likeness (QED) is 0.613. The Balaban J connectivity index is 2.16. The zero-order valence-corrected chi connectivity index (χ0v) is 18.1. The van der Waals surface area contributed by atoms with Crippen molar-refractivity contribution in [2.45, 2.75) is 52.0 Å². The van der Waals surface area contributed by atoms with Crippen LogP contribution < -0.4 is 10.6 Å². The number of nitrogens with two attached hydrogens (primary N) is 1. The van der Waals surface area contributed by atoms with Crippen molar-refractivity contribution in [3.8, 4) is 0 Å². The van der Waals surface area contributed by atoms with Gasteiger partial charge in [0.15, 0.2) is 0 Å². The largest absolute Gasteiger partial charge is 0.481 e. The van der Waals surface area contributed by atoms with Crippen molar-refractivity contribution in [3.63, 3.8) is 0 Å². The number of carbonyl (C=O) groups is 2. The van der Waals surface area contributed by atoms with Crippen LogP contribution in [0, 0.1) is 5.92 Å². The molecule has 0 saturated carbocycles. The van der Waals surface area contributed by atoms with Crippen molar-refractivity contribution < 1.29 is 19.4 Å². The van der Waals surface area contributed by atoms with Gasteiger partial charge >= 0.3 is 5.97 Å². The van der Waals surface area contributed by atoms with Crippen molar-refractivity contribution >= 4 is 23.3 Å². The zero-order chi connectivity index (χ0) is 21.6. The fourth-order valence-electron chi connectivity index (χ4n) is 4.00. The van der Waals surface area contributed by atoms with Gasteiger partial charge in [-0.1, -0.05) is 26.8 Å². The number of carbonyl (C=O) groups excluding carboxylic acids is 1. The molecular formula is C22H35N3O4. The third-order valence-electron chi connectivity index (χ3n) is 5.50. The smallest absolute Gasteiger partial charge is 0.303 e. The Morgan fingerprint density at radius 3 is 2.45 bits per heavy atom. The first-order valence-corrected chi connectivity index (χ1v) is 10.4. The molecule has 0 spiro atoms. The highest BCUT2D eigenvalue weighted by Crippen LogP contribution is 2.33. The number of methoxy groups -OCH3 is 1. The van der Waals surface area contributed by atoms with Crippen LogP contribution in [0.4, 0.5) is 11.4 Å². The number of anilines is 2. The van der Waals surface area contributed by atoms with Gasteiger partial charge in [-0.05, 0) is 42.4 Å². The topological polar surface area (TPSA) is 96.1 Å². The van der Waals surface area contributed by atoms with Crippen LogP contribution in [0.2, 0.25) is 0 Å². The van der Waals surface area contributed by atoms with E-state index in [-0.39, 0.29) is 24.9 Å². The molecule has 7 heteroatoms. The second-order valence-corrected chi connectivity index (χ2v) is 8.41. The van der Waals surface area contributed by atoms with E-state index in [1.54, 1.807) is 7.11 Å². The van der Waals surface area contributed by atoms with Gasteiger partial charge in [0.05, 0.1) is 17.8 Å². The summed E-state index contributed by atoms with van der Waals surface area (Å²) in [5, 5.41) is 9.05. The molecule has 0 radical (unpaired) electrons. The second-order valence-electron chi connectivity index (χ2n) is 8.41. The van der Waals surface area contributed by atoms with Gasteiger partial charge in [-0.2, -0.15) is 0 Å². The van der Waals surface area contributed by atoms with Gasteiger partial charge < -0.3 is 25.4 Å². The van der Waals surface area contributed by atoms with Gasteiger partial charge in [0.2, 0.25) is 5.91 Å². The highest BCUT2D eigenvalue weighted by Gasteiger charge is 2.28. The fourth-order valence-corrected chi connectivity index (χ4v) is 4.00. The number of amides is 1. The monoisotopic (exact) mass is 405 g/mol. The number of piperidine rings is 1. The summed E-state index contributed by atoms with van der Waals surface area (Å²) in [6.07, 6.45) is 1.86. The maximum atomic E-state index is 12.1. The van der Waals surface area contributed by atoms with Crippen LogP contribution in [-0.4, -0.2) is 61.3 Å². The first-order chi connectivity index (χ1) is 13.7. The minimum atomic E-state index is -0.809. The molecular weight excluding hydrogens is 370 g/mol. The third-order valence-corrected chi connectivity index (χ3v) is 5.50. The summed E-state index contributed by atoms with van der Waals surface area (Å²) in [6.45, 7) is 8.72. The third kappa shape index (κ3) is 6.35. The normalized spacial score (nSPS) is 16.1. The highest BCUT2D eigenvalue weighted by molar-refractivity contribution is 5.77. The van der Waals surface area contributed by atoms with Crippen molar-refractivity contribution in [2.24, 2.45) is 5.92 Å². The molecule has 1 aromatic rings. The molecule has 1 fully saturated rings. The Hall–Kier alpha value is -2.28. The molecule has 2 rings (SSSR count). The van der Waals surface area contributed by atoms with E-state index in [4.69, 9.17) is 15.6 Å². The predicted octanol–water partition coefficient (Wildman–Crippen LogP) is 2.95. The summed E-state index contributed by atoms with van der Waals surface area (Å²) in [6, 6.07) is 6.24. The van der Waals surface area contributed by atoms with Gasteiger partial charge in [0, 0.05) is 32.8 Å². The van der Waals surface area contributed by atoms with Crippen LogP contribution in [0.5, 0.6) is 0 Å². The first kappa shape index (κ1) is 23.0. The van der Waals surface area contributed by atoms with E-state index in [0.717, 1.165) is 43.7 Å². The molecule has 0 unspecified atom stereocenters. The van der Waals surface area contributed by atoms with Crippen molar-refractivity contribution in [3.05, 3.63) is 23.8 Å². The molecule has 3 N–H and O–H groups in total. The standard InChI is InChI=1S/C22H35N3O4/c1-15(2)13-25(18-7-9-24(10-8-18)21(26)14-29-4)20-6-5-17(12-19(20)23)16(3)11-22(27)28/h5-6,12,15-16,18H,7-11,13-14,23H2,1-4H3,(H,27,28)/t16-/m1/s1. The van der Waals surface area contributed by atoms with Crippen molar-refractivity contribution in [1.82, 2.24) is 4.90 Å². The van der Waals surface area contributed by atoms with Crippen LogP contribution >= 0.6 is 0 Å². The van der Waals surface area contributed by atoms with Crippen LogP contribution in [0.15, 0.2) is 18.2 Å². The second kappa shape index (κ2) is 10.5. The molecule has 1 aliphatic heterocycles. The minimum absolute atomic E-state index is 0.0395. The van der Waals surface area contributed by atoms with Gasteiger partial charge in [-0.25, -0.2) is 0 Å². The van der Waals surface area contributed by atoms with Crippen molar-refractivity contribution in [1.29, 1.82) is 0 Å². The number of likely N-dealkylation sites (tertiary alicyclic amines) is 1. The van der Waals surface area contributed by atoms with Gasteiger partial charge in [0.25, 0.3) is 0 Å². The average Bonchev–Trinajstić information content (AvgIpc) is 2.66. The molecule has 162 valence electrons. The predicted molar refractivity (Wildman–Crippen MR) is 115 cm³/mol. The van der Waals surface area contributed by atoms with E-state index in [2.05, 4.69) is 18.7 Å². The zero-order valence-electron chi connectivity index (χ0n) is 18.1. The SMILES string of the molecule is COCC(=O)N1CCC(N(CC(C)C)c2ccc([C@H](C)CC(=O)O)cc2N)CC1. The average molecular weight is 406 g/mol. The Kier molecular flexibility index (Phi) is 8.32. The molecule has 1 saturated heterocycles. The number of hydrogen-bond donors (Lipinski definition) is 2. The number of rotatable bonds is 9. The molecule has 0 bridgehead atoms. The lowest BCUT2D eigenvalue weighted by atomic mass is 9.95. The lowest BCUT2D eigenvalue weighted by molar-refractivity contribution is -0.137. The van der Waals surface area contributed by atoms with E-state index in [1.807, 2.05) is 30.0 Å². The fraction of sp³-hybridized carbons (Fsp3) is 0.636. The van der Waals surface area contributed by atoms with E-state index < -0.39 is 5.97 Å². The summed E-state index contributed by atoms with van der Waals surface area (Å²) in [7, 11) is 1.54. The molecule has 1 atom stereocenters. The summed E-state index contributed by atoms with van der Waals surface area (Å²) >= 11 is 0. The molecule has 0 aliphatic carbocycles. The minimum Gasteiger partial charge on any atom is -0.481 e. The molecule has 1 heterocycles. The lowest BCUT2D eigenvalue weighted by Crippen LogP contribution is -2.48. The summed E-state index contributed by atoms with van der Waals surface area (Å²) in [5.74, 6) is -0.389. The van der Waals surface area contributed by atoms with Gasteiger partial charge in [-0.15, -0.1) is 0 Å². The van der Waals surface area contributed by atoms with Gasteiger partial charge in [-0.3, -0.25) is 9.59 Å². The molecule has 0 aromatic heterocycles. The Bertz CT molecular complexity index is 699. The number of carboxylic acid groups (broad SMARTS) is 1. The molecule has 7 nitrogen and oxygen atoms in total. The first-order valence-electron chi connectivity index (χ1n) is 10.4. The number of aliphatic carboxylic acids is 1. The highest BCUT2D eigenvalue weighted by atomic mass is 16.5. The van der Waals surface area contributed by atoms with E-state index in [9.17, 15) is 9.59 Å². The van der Waals surface area contributed by atoms with Crippen LogP contribution in [0.25, 0.3) is 0 Å². The molecule has 29 heavy (non-hydrogen) atoms. The van der Waals surface area contributed by atoms with E-state index in [1.165, 1.54) is 0 Å². The van der Waals surface area contributed by atoms with E-state index >= 15 is 0 Å². The molecule has 1 aliphatic rings. The number of hydrogen-bond acceptors (Lipinski definition) is 5. The van der Waals surface area contributed by atoms with Crippen LogP contribution in [-0.2, 0) is 14.3 Å². The number of nitrogen functional groups attached to an aromatic ring is 1. The summed E-state index contributed by atoms with van der Waals surface area (Å²) < 4.78 is 4.97. The van der Waals surface area contributed by atoms with Crippen LogP contribution in [0.3, 0.4) is 0 Å². The Labute approximate surface area is 173 Å². The Morgan fingerprint density at radius 1 is 1.28 bits per heavy atom. The maximum absolute atomic E-state index is 12.1. The van der Waals surface area contributed by atoms with Crippen molar-refractivity contribution in [2.75, 3.05) is 44.0 Å². The number of benzene rings is 1. The van der Waals surface area contributed by atoms with Crippen LogP contribution in [0.1, 0.15) is 51.5 Å². The van der Waals surface area contributed by atoms with Gasteiger partial charge in [0.1, 0.15) is 6.61 Å². The molecule has 1 aromatic carbocycles. The van der Waals surface area contributed by atoms with E-state index in [0.29, 0.717) is 17.6 Å².